The number of nitrogens with zero attached hydrogens (tertiary/aromatic N) is 2. The second-order valence-corrected chi connectivity index (χ2v) is 11.1. The Labute approximate surface area is 184 Å². The topological polar surface area (TPSA) is 72.2 Å². The number of fused-ring (bicyclic) bond motifs is 3. The summed E-state index contributed by atoms with van der Waals surface area (Å²) < 4.78 is 1.58. The second kappa shape index (κ2) is 7.85. The van der Waals surface area contributed by atoms with Crippen LogP contribution < -0.4 is 5.56 Å². The van der Waals surface area contributed by atoms with E-state index in [2.05, 4.69) is 20.8 Å². The van der Waals surface area contributed by atoms with E-state index in [9.17, 15) is 9.59 Å². The van der Waals surface area contributed by atoms with Gasteiger partial charge in [0.2, 0.25) is 0 Å². The van der Waals surface area contributed by atoms with Crippen LogP contribution in [-0.2, 0) is 17.6 Å². The van der Waals surface area contributed by atoms with Gasteiger partial charge in [-0.1, -0.05) is 50.2 Å². The zero-order valence-corrected chi connectivity index (χ0v) is 19.3. The van der Waals surface area contributed by atoms with Crippen LogP contribution in [0.4, 0.5) is 0 Å². The molecule has 7 heteroatoms. The molecule has 0 saturated carbocycles. The molecule has 1 aliphatic carbocycles. The highest BCUT2D eigenvalue weighted by atomic mass is 32.2. The van der Waals surface area contributed by atoms with Crippen LogP contribution in [0.5, 0.6) is 0 Å². The van der Waals surface area contributed by atoms with Crippen molar-refractivity contribution in [1.29, 1.82) is 0 Å². The van der Waals surface area contributed by atoms with Crippen LogP contribution in [0.15, 0.2) is 34.2 Å². The molecule has 2 aromatic heterocycles. The van der Waals surface area contributed by atoms with E-state index in [1.54, 1.807) is 15.9 Å². The Morgan fingerprint density at radius 2 is 2.00 bits per heavy atom. The molecule has 0 spiro atoms. The number of aliphatic carboxylic acids is 1. The van der Waals surface area contributed by atoms with Gasteiger partial charge in [0, 0.05) is 4.88 Å². The van der Waals surface area contributed by atoms with Crippen molar-refractivity contribution in [2.24, 2.45) is 11.3 Å². The SMILES string of the molecule is Cc1ccc(-n2c(SCC(=O)O)nc3sc4c(c3c2=O)CCC(C(C)(C)C)C4)cc1. The van der Waals surface area contributed by atoms with Crippen LogP contribution in [0.1, 0.15) is 43.2 Å². The lowest BCUT2D eigenvalue weighted by Gasteiger charge is -2.33. The number of aromatic nitrogens is 2. The van der Waals surface area contributed by atoms with Gasteiger partial charge in [-0.25, -0.2) is 4.98 Å². The lowest BCUT2D eigenvalue weighted by Crippen LogP contribution is -2.27. The van der Waals surface area contributed by atoms with Crippen molar-refractivity contribution in [3.05, 3.63) is 50.6 Å². The highest BCUT2D eigenvalue weighted by Crippen LogP contribution is 2.42. The third-order valence-electron chi connectivity index (χ3n) is 5.89. The lowest BCUT2D eigenvalue weighted by atomic mass is 9.72. The van der Waals surface area contributed by atoms with Crippen LogP contribution in [0.25, 0.3) is 15.9 Å². The Morgan fingerprint density at radius 3 is 2.63 bits per heavy atom. The van der Waals surface area contributed by atoms with Gasteiger partial charge in [-0.05, 0) is 55.2 Å². The smallest absolute Gasteiger partial charge is 0.313 e. The molecule has 0 fully saturated rings. The molecule has 3 aromatic rings. The lowest BCUT2D eigenvalue weighted by molar-refractivity contribution is -0.133. The quantitative estimate of drug-likeness (QED) is 0.450. The first-order valence-corrected chi connectivity index (χ1v) is 11.9. The first-order valence-electron chi connectivity index (χ1n) is 10.1. The summed E-state index contributed by atoms with van der Waals surface area (Å²) in [5.41, 5.74) is 3.09. The number of rotatable bonds is 4. The Balaban J connectivity index is 1.90. The summed E-state index contributed by atoms with van der Waals surface area (Å²) in [5, 5.41) is 10.3. The summed E-state index contributed by atoms with van der Waals surface area (Å²) in [6.45, 7) is 8.83. The minimum absolute atomic E-state index is 0.0940. The second-order valence-electron chi connectivity index (χ2n) is 9.04. The minimum Gasteiger partial charge on any atom is -0.481 e. The molecule has 0 aliphatic heterocycles. The highest BCUT2D eigenvalue weighted by molar-refractivity contribution is 7.99. The molecule has 1 aliphatic rings. The van der Waals surface area contributed by atoms with Crippen LogP contribution in [0.2, 0.25) is 0 Å². The molecule has 1 atom stereocenters. The van der Waals surface area contributed by atoms with E-state index in [1.807, 2.05) is 31.2 Å². The third-order valence-corrected chi connectivity index (χ3v) is 7.97. The van der Waals surface area contributed by atoms with Crippen molar-refractivity contribution in [2.75, 3.05) is 5.75 Å². The molecule has 0 bridgehead atoms. The fourth-order valence-corrected chi connectivity index (χ4v) is 6.16. The number of benzene rings is 1. The van der Waals surface area contributed by atoms with E-state index in [4.69, 9.17) is 10.1 Å². The summed E-state index contributed by atoms with van der Waals surface area (Å²) >= 11 is 2.70. The Bertz CT molecular complexity index is 1170. The monoisotopic (exact) mass is 442 g/mol. The minimum atomic E-state index is -0.928. The molecule has 0 radical (unpaired) electrons. The number of carboxylic acid groups (broad SMARTS) is 1. The molecular formula is C23H26N2O3S2. The molecular weight excluding hydrogens is 416 g/mol. The molecule has 0 saturated heterocycles. The fourth-order valence-electron chi connectivity index (χ4n) is 4.09. The Morgan fingerprint density at radius 1 is 1.30 bits per heavy atom. The predicted octanol–water partition coefficient (Wildman–Crippen LogP) is 5.08. The number of carbonyl (C=O) groups is 1. The van der Waals surface area contributed by atoms with Crippen molar-refractivity contribution in [3.8, 4) is 5.69 Å². The van der Waals surface area contributed by atoms with Gasteiger partial charge in [0.25, 0.3) is 5.56 Å². The summed E-state index contributed by atoms with van der Waals surface area (Å²) in [7, 11) is 0. The van der Waals surface area contributed by atoms with E-state index in [0.717, 1.165) is 52.7 Å². The molecule has 1 aromatic carbocycles. The summed E-state index contributed by atoms with van der Waals surface area (Å²) in [6.07, 6.45) is 2.94. The first-order chi connectivity index (χ1) is 14.1. The largest absolute Gasteiger partial charge is 0.481 e. The number of hydrogen-bond donors (Lipinski definition) is 1. The Kier molecular flexibility index (Phi) is 5.53. The van der Waals surface area contributed by atoms with Gasteiger partial charge in [0.05, 0.1) is 16.8 Å². The maximum atomic E-state index is 13.7. The number of carboxylic acids is 1. The average molecular weight is 443 g/mol. The van der Waals surface area contributed by atoms with E-state index in [-0.39, 0.29) is 16.7 Å². The number of thioether (sulfide) groups is 1. The van der Waals surface area contributed by atoms with Crippen LogP contribution in [0, 0.1) is 18.3 Å². The van der Waals surface area contributed by atoms with E-state index >= 15 is 0 Å². The summed E-state index contributed by atoms with van der Waals surface area (Å²) in [4.78, 5) is 31.6. The van der Waals surface area contributed by atoms with Gasteiger partial charge < -0.3 is 5.11 Å². The maximum Gasteiger partial charge on any atom is 0.313 e. The molecule has 30 heavy (non-hydrogen) atoms. The van der Waals surface area contributed by atoms with Gasteiger partial charge >= 0.3 is 5.97 Å². The molecule has 2 heterocycles. The standard InChI is InChI=1S/C23H26N2O3S2/c1-13-5-8-15(9-6-13)25-21(28)19-16-10-7-14(23(2,3)4)11-17(16)30-20(19)24-22(25)29-12-18(26)27/h5-6,8-9,14H,7,10-12H2,1-4H3,(H,26,27). The van der Waals surface area contributed by atoms with E-state index < -0.39 is 5.97 Å². The van der Waals surface area contributed by atoms with Gasteiger partial charge in [0.15, 0.2) is 5.16 Å². The van der Waals surface area contributed by atoms with Crippen LogP contribution in [-0.4, -0.2) is 26.4 Å². The van der Waals surface area contributed by atoms with E-state index in [1.165, 1.54) is 4.88 Å². The Hall–Kier alpha value is -2.12. The number of aryl methyl sites for hydroxylation is 2. The normalized spacial score (nSPS) is 16.6. The molecule has 158 valence electrons. The van der Waals surface area contributed by atoms with Crippen molar-refractivity contribution < 1.29 is 9.90 Å². The number of hydrogen-bond acceptors (Lipinski definition) is 5. The highest BCUT2D eigenvalue weighted by Gasteiger charge is 2.32. The van der Waals surface area contributed by atoms with Crippen molar-refractivity contribution in [1.82, 2.24) is 9.55 Å². The molecule has 1 unspecified atom stereocenters. The molecule has 1 N–H and O–H groups in total. The average Bonchev–Trinajstić information content (AvgIpc) is 3.04. The zero-order chi connectivity index (χ0) is 21.6. The van der Waals surface area contributed by atoms with Gasteiger partial charge in [-0.2, -0.15) is 0 Å². The van der Waals surface area contributed by atoms with Crippen LogP contribution >= 0.6 is 23.1 Å². The number of thiophene rings is 1. The van der Waals surface area contributed by atoms with Crippen molar-refractivity contribution >= 4 is 39.3 Å². The molecule has 0 amide bonds. The third kappa shape index (κ3) is 3.93. The molecule has 5 nitrogen and oxygen atoms in total. The van der Waals surface area contributed by atoms with Crippen molar-refractivity contribution in [2.45, 2.75) is 52.1 Å². The summed E-state index contributed by atoms with van der Waals surface area (Å²) in [6, 6.07) is 7.69. The van der Waals surface area contributed by atoms with Gasteiger partial charge in [-0.3, -0.25) is 14.2 Å². The maximum absolute atomic E-state index is 13.7. The predicted molar refractivity (Wildman–Crippen MR) is 123 cm³/mol. The molecule has 4 rings (SSSR count). The van der Waals surface area contributed by atoms with Crippen LogP contribution in [0.3, 0.4) is 0 Å². The van der Waals surface area contributed by atoms with Gasteiger partial charge in [0.1, 0.15) is 4.83 Å². The van der Waals surface area contributed by atoms with Gasteiger partial charge in [-0.15, -0.1) is 11.3 Å². The zero-order valence-electron chi connectivity index (χ0n) is 17.7. The van der Waals surface area contributed by atoms with E-state index in [0.29, 0.717) is 16.5 Å². The van der Waals surface area contributed by atoms with Crippen molar-refractivity contribution in [3.63, 3.8) is 0 Å². The fraction of sp³-hybridized carbons (Fsp3) is 0.435. The first kappa shape index (κ1) is 21.1. The summed E-state index contributed by atoms with van der Waals surface area (Å²) in [5.74, 6) is -0.484.